The molecule has 2 aromatic rings. The highest BCUT2D eigenvalue weighted by atomic mass is 16.6. The van der Waals surface area contributed by atoms with Gasteiger partial charge >= 0.3 is 0 Å². The average molecular weight is 380 g/mol. The fraction of sp³-hybridized carbons (Fsp3) is 0.435. The van der Waals surface area contributed by atoms with Crippen LogP contribution in [0.3, 0.4) is 0 Å². The van der Waals surface area contributed by atoms with Crippen molar-refractivity contribution in [3.05, 3.63) is 60.2 Å². The van der Waals surface area contributed by atoms with Crippen molar-refractivity contribution >= 4 is 5.91 Å². The second-order valence-corrected chi connectivity index (χ2v) is 7.85. The summed E-state index contributed by atoms with van der Waals surface area (Å²) in [4.78, 5) is 14.0. The summed E-state index contributed by atoms with van der Waals surface area (Å²) in [5.41, 5.74) is 1.31. The highest BCUT2D eigenvalue weighted by molar-refractivity contribution is 5.73. The van der Waals surface area contributed by atoms with Crippen molar-refractivity contribution in [2.75, 3.05) is 32.8 Å². The van der Waals surface area contributed by atoms with Crippen LogP contribution >= 0.6 is 0 Å². The Balaban J connectivity index is 1.39. The number of nitrogens with zero attached hydrogens (tertiary/aromatic N) is 1. The summed E-state index contributed by atoms with van der Waals surface area (Å²) in [6.07, 6.45) is 2.08. The van der Waals surface area contributed by atoms with E-state index in [0.717, 1.165) is 44.0 Å². The zero-order valence-electron chi connectivity index (χ0n) is 16.4. The van der Waals surface area contributed by atoms with Crippen molar-refractivity contribution in [2.24, 2.45) is 0 Å². The second kappa shape index (κ2) is 8.23. The van der Waals surface area contributed by atoms with Gasteiger partial charge in [-0.1, -0.05) is 42.5 Å². The van der Waals surface area contributed by atoms with Crippen LogP contribution in [0.5, 0.6) is 11.5 Å². The molecule has 0 saturated carbocycles. The van der Waals surface area contributed by atoms with Crippen molar-refractivity contribution in [3.8, 4) is 11.5 Å². The van der Waals surface area contributed by atoms with Crippen molar-refractivity contribution in [3.63, 3.8) is 0 Å². The molecule has 2 aromatic carbocycles. The van der Waals surface area contributed by atoms with Gasteiger partial charge in [0.25, 0.3) is 0 Å². The molecule has 5 heteroatoms. The number of hydrogen-bond acceptors (Lipinski definition) is 4. The first-order chi connectivity index (χ1) is 13.6. The molecule has 4 rings (SSSR count). The topological polar surface area (TPSA) is 50.8 Å². The number of carbonyl (C=O) groups is 1. The molecule has 1 saturated heterocycles. The van der Waals surface area contributed by atoms with Gasteiger partial charge in [0.15, 0.2) is 11.5 Å². The number of likely N-dealkylation sites (tertiary alicyclic amines) is 1. The number of piperidine rings is 1. The molecule has 5 nitrogen and oxygen atoms in total. The minimum absolute atomic E-state index is 0.0000480. The molecule has 1 amide bonds. The summed E-state index contributed by atoms with van der Waals surface area (Å²) in [7, 11) is 0. The number of amides is 1. The maximum Gasteiger partial charge on any atom is 0.216 e. The lowest BCUT2D eigenvalue weighted by molar-refractivity contribution is -0.119. The number of rotatable bonds is 5. The van der Waals surface area contributed by atoms with Crippen LogP contribution in [0.25, 0.3) is 0 Å². The Hall–Kier alpha value is -2.53. The highest BCUT2D eigenvalue weighted by Crippen LogP contribution is 2.36. The first-order valence-electron chi connectivity index (χ1n) is 10.1. The number of benzene rings is 2. The van der Waals surface area contributed by atoms with Crippen LogP contribution in [0.15, 0.2) is 54.6 Å². The van der Waals surface area contributed by atoms with E-state index in [2.05, 4.69) is 34.5 Å². The van der Waals surface area contributed by atoms with Gasteiger partial charge < -0.3 is 14.8 Å². The molecule has 28 heavy (non-hydrogen) atoms. The van der Waals surface area contributed by atoms with E-state index in [0.29, 0.717) is 13.2 Å². The Morgan fingerprint density at radius 1 is 1.07 bits per heavy atom. The van der Waals surface area contributed by atoms with E-state index in [1.165, 1.54) is 5.56 Å². The van der Waals surface area contributed by atoms with Crippen molar-refractivity contribution < 1.29 is 14.3 Å². The largest absolute Gasteiger partial charge is 0.486 e. The monoisotopic (exact) mass is 380 g/mol. The van der Waals surface area contributed by atoms with Gasteiger partial charge in [0.2, 0.25) is 5.91 Å². The first-order valence-corrected chi connectivity index (χ1v) is 10.1. The average Bonchev–Trinajstić information content (AvgIpc) is 2.74. The molecule has 2 aliphatic heterocycles. The van der Waals surface area contributed by atoms with Gasteiger partial charge in [-0.3, -0.25) is 9.69 Å². The zero-order chi connectivity index (χ0) is 19.4. The predicted octanol–water partition coefficient (Wildman–Crippen LogP) is 3.00. The molecule has 0 spiro atoms. The predicted molar refractivity (Wildman–Crippen MR) is 109 cm³/mol. The van der Waals surface area contributed by atoms with Crippen LogP contribution < -0.4 is 14.8 Å². The van der Waals surface area contributed by atoms with Crippen LogP contribution in [0.2, 0.25) is 0 Å². The number of carbonyl (C=O) groups excluding carboxylic acids is 1. The van der Waals surface area contributed by atoms with Gasteiger partial charge in [-0.05, 0) is 43.6 Å². The van der Waals surface area contributed by atoms with Gasteiger partial charge in [-0.25, -0.2) is 0 Å². The van der Waals surface area contributed by atoms with Crippen LogP contribution in [0.4, 0.5) is 0 Å². The van der Waals surface area contributed by atoms with Crippen LogP contribution in [0, 0.1) is 0 Å². The third-order valence-electron chi connectivity index (χ3n) is 5.90. The van der Waals surface area contributed by atoms with Crippen LogP contribution in [-0.4, -0.2) is 49.7 Å². The van der Waals surface area contributed by atoms with Gasteiger partial charge in [0.05, 0.1) is 0 Å². The Kier molecular flexibility index (Phi) is 5.53. The van der Waals surface area contributed by atoms with Gasteiger partial charge in [-0.15, -0.1) is 0 Å². The molecule has 148 valence electrons. The highest BCUT2D eigenvalue weighted by Gasteiger charge is 2.37. The Labute approximate surface area is 166 Å². The minimum Gasteiger partial charge on any atom is -0.486 e. The van der Waals surface area contributed by atoms with E-state index in [1.807, 2.05) is 30.3 Å². The zero-order valence-corrected chi connectivity index (χ0v) is 16.4. The third kappa shape index (κ3) is 4.14. The number of fused-ring (bicyclic) bond motifs is 1. The summed E-state index contributed by atoms with van der Waals surface area (Å²) in [5.74, 6) is 1.69. The van der Waals surface area contributed by atoms with E-state index in [-0.39, 0.29) is 17.4 Å². The molecular weight excluding hydrogens is 352 g/mol. The summed E-state index contributed by atoms with van der Waals surface area (Å²) in [6, 6.07) is 18.4. The molecular formula is C23H28N2O3. The Bertz CT molecular complexity index is 801. The van der Waals surface area contributed by atoms with E-state index < -0.39 is 0 Å². The Morgan fingerprint density at radius 2 is 1.75 bits per heavy atom. The lowest BCUT2D eigenvalue weighted by atomic mass is 9.72. The molecule has 0 radical (unpaired) electrons. The normalized spacial score (nSPS) is 21.1. The molecule has 0 aromatic heterocycles. The summed E-state index contributed by atoms with van der Waals surface area (Å²) >= 11 is 0. The summed E-state index contributed by atoms with van der Waals surface area (Å²) in [5, 5.41) is 3.06. The molecule has 1 atom stereocenters. The lowest BCUT2D eigenvalue weighted by Gasteiger charge is -2.43. The van der Waals surface area contributed by atoms with E-state index in [1.54, 1.807) is 6.92 Å². The van der Waals surface area contributed by atoms with Crippen LogP contribution in [-0.2, 0) is 10.2 Å². The fourth-order valence-corrected chi connectivity index (χ4v) is 4.26. The number of para-hydroxylation sites is 2. The molecule has 2 heterocycles. The number of hydrogen-bond donors (Lipinski definition) is 1. The molecule has 0 unspecified atom stereocenters. The molecule has 1 fully saturated rings. The van der Waals surface area contributed by atoms with Crippen LogP contribution in [0.1, 0.15) is 25.3 Å². The Morgan fingerprint density at radius 3 is 2.46 bits per heavy atom. The van der Waals surface area contributed by atoms with Crippen molar-refractivity contribution in [2.45, 2.75) is 31.3 Å². The summed E-state index contributed by atoms with van der Waals surface area (Å²) in [6.45, 7) is 5.69. The SMILES string of the molecule is CC(=O)NCC1(c2ccccc2)CCN(C[C@H]2COc3ccccc3O2)CC1. The summed E-state index contributed by atoms with van der Waals surface area (Å²) < 4.78 is 12.0. The first kappa shape index (κ1) is 18.8. The van der Waals surface area contributed by atoms with E-state index in [9.17, 15) is 4.79 Å². The van der Waals surface area contributed by atoms with Gasteiger partial charge in [0.1, 0.15) is 12.7 Å². The third-order valence-corrected chi connectivity index (χ3v) is 5.90. The smallest absolute Gasteiger partial charge is 0.216 e. The van der Waals surface area contributed by atoms with Gasteiger partial charge in [-0.2, -0.15) is 0 Å². The molecule has 0 bridgehead atoms. The number of nitrogens with one attached hydrogen (secondary N) is 1. The van der Waals surface area contributed by atoms with Crippen molar-refractivity contribution in [1.82, 2.24) is 10.2 Å². The van der Waals surface area contributed by atoms with E-state index >= 15 is 0 Å². The molecule has 0 aliphatic carbocycles. The maximum atomic E-state index is 11.5. The maximum absolute atomic E-state index is 11.5. The quantitative estimate of drug-likeness (QED) is 0.866. The number of ether oxygens (including phenoxy) is 2. The second-order valence-electron chi connectivity index (χ2n) is 7.85. The fourth-order valence-electron chi connectivity index (χ4n) is 4.26. The molecule has 2 aliphatic rings. The van der Waals surface area contributed by atoms with Crippen molar-refractivity contribution in [1.29, 1.82) is 0 Å². The minimum atomic E-state index is -0.0000480. The molecule has 1 N–H and O–H groups in total. The van der Waals surface area contributed by atoms with Gasteiger partial charge in [0, 0.05) is 25.4 Å². The standard InChI is InChI=1S/C23H28N2O3/c1-18(26)24-17-23(19-7-3-2-4-8-19)11-13-25(14-12-23)15-20-16-27-21-9-5-6-10-22(21)28-20/h2-10,20H,11-17H2,1H3,(H,24,26)/t20-/m0/s1. The van der Waals surface area contributed by atoms with E-state index in [4.69, 9.17) is 9.47 Å². The lowest BCUT2D eigenvalue weighted by Crippen LogP contribution is -2.51.